The summed E-state index contributed by atoms with van der Waals surface area (Å²) >= 11 is 0. The molecule has 1 aliphatic heterocycles. The van der Waals surface area contributed by atoms with Crippen molar-refractivity contribution in [3.8, 4) is 11.1 Å². The number of benzene rings is 2. The van der Waals surface area contributed by atoms with E-state index in [2.05, 4.69) is 6.07 Å². The predicted octanol–water partition coefficient (Wildman–Crippen LogP) is 3.35. The number of carbonyl (C=O) groups excluding carboxylic acids is 1. The van der Waals surface area contributed by atoms with E-state index >= 15 is 0 Å². The molecule has 125 valence electrons. The third-order valence-corrected chi connectivity index (χ3v) is 4.10. The number of rotatable bonds is 2. The van der Waals surface area contributed by atoms with Crippen LogP contribution < -0.4 is 5.73 Å². The van der Waals surface area contributed by atoms with Crippen LogP contribution in [0.1, 0.15) is 22.3 Å². The first-order chi connectivity index (χ1) is 11.3. The number of hydrogen-bond acceptors (Lipinski definition) is 2. The van der Waals surface area contributed by atoms with Crippen LogP contribution in [-0.4, -0.2) is 29.9 Å². The van der Waals surface area contributed by atoms with Gasteiger partial charge in [-0.05, 0) is 47.9 Å². The van der Waals surface area contributed by atoms with Crippen molar-refractivity contribution in [3.05, 3.63) is 59.7 Å². The van der Waals surface area contributed by atoms with Gasteiger partial charge >= 0.3 is 6.18 Å². The van der Waals surface area contributed by atoms with Crippen LogP contribution in [0.25, 0.3) is 11.1 Å². The second-order valence-electron chi connectivity index (χ2n) is 5.87. The minimum absolute atomic E-state index is 0.0142. The van der Waals surface area contributed by atoms with Gasteiger partial charge in [0.25, 0.3) is 5.91 Å². The van der Waals surface area contributed by atoms with Crippen LogP contribution in [0.2, 0.25) is 0 Å². The van der Waals surface area contributed by atoms with Gasteiger partial charge in [0.1, 0.15) is 0 Å². The second kappa shape index (κ2) is 6.28. The van der Waals surface area contributed by atoms with Crippen molar-refractivity contribution in [3.63, 3.8) is 0 Å². The smallest absolute Gasteiger partial charge is 0.337 e. The molecule has 1 atom stereocenters. The fourth-order valence-corrected chi connectivity index (χ4v) is 2.73. The van der Waals surface area contributed by atoms with Gasteiger partial charge in [0, 0.05) is 24.7 Å². The largest absolute Gasteiger partial charge is 0.416 e. The topological polar surface area (TPSA) is 46.3 Å². The molecule has 0 aliphatic carbocycles. The number of halogens is 3. The highest BCUT2D eigenvalue weighted by atomic mass is 19.4. The summed E-state index contributed by atoms with van der Waals surface area (Å²) in [6.07, 6.45) is -3.56. The van der Waals surface area contributed by atoms with Gasteiger partial charge < -0.3 is 10.6 Å². The van der Waals surface area contributed by atoms with Crippen LogP contribution in [-0.2, 0) is 6.18 Å². The number of alkyl halides is 3. The van der Waals surface area contributed by atoms with Crippen LogP contribution in [0.3, 0.4) is 0 Å². The van der Waals surface area contributed by atoms with E-state index < -0.39 is 11.7 Å². The van der Waals surface area contributed by atoms with Crippen molar-refractivity contribution >= 4 is 5.91 Å². The summed E-state index contributed by atoms with van der Waals surface area (Å²) in [5, 5.41) is 0. The van der Waals surface area contributed by atoms with Gasteiger partial charge in [-0.3, -0.25) is 4.79 Å². The fourth-order valence-electron chi connectivity index (χ4n) is 2.73. The lowest BCUT2D eigenvalue weighted by atomic mass is 10.0. The number of amides is 1. The Morgan fingerprint density at radius 1 is 1.12 bits per heavy atom. The van der Waals surface area contributed by atoms with Gasteiger partial charge in [-0.2, -0.15) is 13.2 Å². The van der Waals surface area contributed by atoms with Gasteiger partial charge in [-0.25, -0.2) is 0 Å². The molecular formula is C18H16F3N2O. The molecule has 1 amide bonds. The van der Waals surface area contributed by atoms with E-state index in [1.165, 1.54) is 12.1 Å². The van der Waals surface area contributed by atoms with Crippen molar-refractivity contribution in [1.29, 1.82) is 0 Å². The van der Waals surface area contributed by atoms with Crippen molar-refractivity contribution in [2.45, 2.75) is 18.6 Å². The first kappa shape index (κ1) is 16.5. The second-order valence-corrected chi connectivity index (χ2v) is 5.87. The predicted molar refractivity (Wildman–Crippen MR) is 84.2 cm³/mol. The zero-order chi connectivity index (χ0) is 17.3. The van der Waals surface area contributed by atoms with Crippen molar-refractivity contribution < 1.29 is 18.0 Å². The van der Waals surface area contributed by atoms with E-state index in [1.807, 2.05) is 0 Å². The van der Waals surface area contributed by atoms with Gasteiger partial charge in [0.15, 0.2) is 0 Å². The Labute approximate surface area is 137 Å². The summed E-state index contributed by atoms with van der Waals surface area (Å²) in [6.45, 7) is 1.17. The average molecular weight is 333 g/mol. The van der Waals surface area contributed by atoms with E-state index in [0.717, 1.165) is 18.6 Å². The van der Waals surface area contributed by atoms with Crippen molar-refractivity contribution in [2.75, 3.05) is 13.1 Å². The van der Waals surface area contributed by atoms with Gasteiger partial charge in [0.2, 0.25) is 0 Å². The minimum Gasteiger partial charge on any atom is -0.337 e. The zero-order valence-corrected chi connectivity index (χ0v) is 12.8. The van der Waals surface area contributed by atoms with Crippen LogP contribution in [0.5, 0.6) is 0 Å². The van der Waals surface area contributed by atoms with Gasteiger partial charge in [-0.15, -0.1) is 0 Å². The normalized spacial score (nSPS) is 18.0. The molecule has 2 aromatic carbocycles. The molecule has 2 aromatic rings. The number of hydrogen-bond donors (Lipinski definition) is 1. The quantitative estimate of drug-likeness (QED) is 0.916. The highest BCUT2D eigenvalue weighted by Crippen LogP contribution is 2.31. The van der Waals surface area contributed by atoms with Gasteiger partial charge in [0.05, 0.1) is 5.56 Å². The molecule has 1 heterocycles. The minimum atomic E-state index is -4.35. The van der Waals surface area contributed by atoms with Crippen LogP contribution in [0, 0.1) is 6.07 Å². The Morgan fingerprint density at radius 2 is 1.79 bits per heavy atom. The molecule has 3 rings (SSSR count). The molecule has 24 heavy (non-hydrogen) atoms. The summed E-state index contributed by atoms with van der Waals surface area (Å²) in [5.41, 5.74) is 6.89. The molecule has 0 saturated carbocycles. The van der Waals surface area contributed by atoms with E-state index in [0.29, 0.717) is 29.8 Å². The van der Waals surface area contributed by atoms with E-state index in [9.17, 15) is 18.0 Å². The lowest BCUT2D eigenvalue weighted by Gasteiger charge is -2.15. The molecule has 6 heteroatoms. The average Bonchev–Trinajstić information content (AvgIpc) is 3.00. The highest BCUT2D eigenvalue weighted by molar-refractivity contribution is 5.94. The summed E-state index contributed by atoms with van der Waals surface area (Å²) < 4.78 is 37.7. The molecule has 1 fully saturated rings. The van der Waals surface area contributed by atoms with Crippen LogP contribution in [0.15, 0.2) is 42.5 Å². The first-order valence-electron chi connectivity index (χ1n) is 7.59. The summed E-state index contributed by atoms with van der Waals surface area (Å²) in [6, 6.07) is 12.8. The fraction of sp³-hybridized carbons (Fsp3) is 0.278. The molecular weight excluding hydrogens is 317 g/mol. The Morgan fingerprint density at radius 3 is 2.29 bits per heavy atom. The Kier molecular flexibility index (Phi) is 4.32. The Balaban J connectivity index is 1.76. The summed E-state index contributed by atoms with van der Waals surface area (Å²) in [7, 11) is 0. The number of carbonyl (C=O) groups is 1. The number of nitrogens with zero attached hydrogens (tertiary/aromatic N) is 1. The molecule has 0 unspecified atom stereocenters. The maximum absolute atomic E-state index is 12.6. The zero-order valence-electron chi connectivity index (χ0n) is 12.8. The Hall–Kier alpha value is -2.34. The van der Waals surface area contributed by atoms with E-state index in [1.54, 1.807) is 23.1 Å². The third-order valence-electron chi connectivity index (χ3n) is 4.10. The van der Waals surface area contributed by atoms with E-state index in [-0.39, 0.29) is 11.9 Å². The number of likely N-dealkylation sites (tertiary alicyclic amines) is 1. The Bertz CT molecular complexity index is 723. The first-order valence-corrected chi connectivity index (χ1v) is 7.59. The van der Waals surface area contributed by atoms with Crippen molar-refractivity contribution in [2.24, 2.45) is 5.73 Å². The lowest BCUT2D eigenvalue weighted by Crippen LogP contribution is -2.31. The van der Waals surface area contributed by atoms with E-state index in [4.69, 9.17) is 5.73 Å². The summed E-state index contributed by atoms with van der Waals surface area (Å²) in [5.74, 6) is -0.123. The van der Waals surface area contributed by atoms with Crippen LogP contribution >= 0.6 is 0 Å². The molecule has 1 radical (unpaired) electrons. The molecule has 2 N–H and O–H groups in total. The monoisotopic (exact) mass is 333 g/mol. The standard InChI is InChI=1S/C18H16F3N2O/c19-18(20,21)15-7-5-13(6-8-15)12-1-3-14(4-2-12)17(24)23-10-9-16(22)11-23/h1-3,5-8,16H,9-11,22H2/t16-/m0/s1. The molecule has 0 bridgehead atoms. The lowest BCUT2D eigenvalue weighted by molar-refractivity contribution is -0.137. The van der Waals surface area contributed by atoms with Gasteiger partial charge in [-0.1, -0.05) is 18.2 Å². The molecule has 3 nitrogen and oxygen atoms in total. The molecule has 0 spiro atoms. The SMILES string of the molecule is N[C@H]1CCN(C(=O)c2[c]cc(-c3ccc(C(F)(F)F)cc3)cc2)C1. The van der Waals surface area contributed by atoms with Crippen molar-refractivity contribution in [1.82, 2.24) is 4.90 Å². The third kappa shape index (κ3) is 3.43. The molecule has 0 aromatic heterocycles. The van der Waals surface area contributed by atoms with Crippen LogP contribution in [0.4, 0.5) is 13.2 Å². The molecule has 1 saturated heterocycles. The molecule has 1 aliphatic rings. The highest BCUT2D eigenvalue weighted by Gasteiger charge is 2.30. The number of nitrogens with two attached hydrogens (primary N) is 1. The maximum atomic E-state index is 12.6. The maximum Gasteiger partial charge on any atom is 0.416 e. The summed E-state index contributed by atoms with van der Waals surface area (Å²) in [4.78, 5) is 14.0.